The second-order valence-electron chi connectivity index (χ2n) is 5.42. The average molecular weight is 284 g/mol. The van der Waals surface area contributed by atoms with Crippen LogP contribution in [0.1, 0.15) is 0 Å². The standard InChI is InChI=1S/C20H16N2/c1-21-13-14-22(15-21)20-12-6-8-16-7-2-3-9-17(16)18-10-4-5-11-19(18)20/h2-14H,1H3. The summed E-state index contributed by atoms with van der Waals surface area (Å²) in [6, 6.07) is 17.1. The molecule has 0 fully saturated rings. The Kier molecular flexibility index (Phi) is 3.01. The van der Waals surface area contributed by atoms with Crippen LogP contribution in [0.4, 0.5) is 0 Å². The van der Waals surface area contributed by atoms with E-state index in [1.807, 2.05) is 28.6 Å². The van der Waals surface area contributed by atoms with Gasteiger partial charge in [-0.2, -0.15) is 0 Å². The minimum Gasteiger partial charge on any atom is -0.326 e. The van der Waals surface area contributed by atoms with E-state index in [-0.39, 0.29) is 0 Å². The van der Waals surface area contributed by atoms with E-state index in [2.05, 4.69) is 73.1 Å². The van der Waals surface area contributed by atoms with Gasteiger partial charge in [-0.05, 0) is 20.9 Å². The summed E-state index contributed by atoms with van der Waals surface area (Å²) in [6.07, 6.45) is 13.7. The molecule has 0 amide bonds. The van der Waals surface area contributed by atoms with Crippen LogP contribution in [0.2, 0.25) is 0 Å². The first-order valence-electron chi connectivity index (χ1n) is 7.37. The van der Waals surface area contributed by atoms with Gasteiger partial charge in [0, 0.05) is 12.4 Å². The first kappa shape index (κ1) is 12.8. The molecule has 3 aromatic rings. The van der Waals surface area contributed by atoms with E-state index in [0.717, 1.165) is 5.70 Å². The molecule has 0 unspecified atom stereocenters. The lowest BCUT2D eigenvalue weighted by atomic mass is 10.1. The van der Waals surface area contributed by atoms with Gasteiger partial charge in [0.05, 0.1) is 12.7 Å². The average Bonchev–Trinajstić information content (AvgIpc) is 2.96. The highest BCUT2D eigenvalue weighted by atomic mass is 15.1. The van der Waals surface area contributed by atoms with Crippen molar-refractivity contribution in [1.29, 1.82) is 0 Å². The predicted molar refractivity (Wildman–Crippen MR) is 86.7 cm³/mol. The fourth-order valence-corrected chi connectivity index (χ4v) is 2.91. The van der Waals surface area contributed by atoms with Crippen molar-refractivity contribution in [2.24, 2.45) is 7.05 Å². The highest BCUT2D eigenvalue weighted by molar-refractivity contribution is 5.54. The van der Waals surface area contributed by atoms with E-state index < -0.39 is 0 Å². The minimum atomic E-state index is 1.13. The molecule has 106 valence electrons. The Labute approximate surface area is 128 Å². The maximum Gasteiger partial charge on any atom is 0.243 e. The monoisotopic (exact) mass is 284 g/mol. The quantitative estimate of drug-likeness (QED) is 0.472. The van der Waals surface area contributed by atoms with Crippen LogP contribution in [0.15, 0.2) is 73.1 Å². The molecule has 1 aromatic heterocycles. The predicted octanol–water partition coefficient (Wildman–Crippen LogP) is 1.41. The molecule has 1 aliphatic carbocycles. The molecular formula is C20H16N2. The molecule has 0 atom stereocenters. The van der Waals surface area contributed by atoms with Gasteiger partial charge in [0.15, 0.2) is 0 Å². The number of aromatic nitrogens is 2. The van der Waals surface area contributed by atoms with Crippen LogP contribution < -0.4 is 15.0 Å². The van der Waals surface area contributed by atoms with Crippen LogP contribution in [0.3, 0.4) is 0 Å². The highest BCUT2D eigenvalue weighted by Crippen LogP contribution is 1.98. The van der Waals surface area contributed by atoms with Gasteiger partial charge in [-0.1, -0.05) is 66.8 Å². The summed E-state index contributed by atoms with van der Waals surface area (Å²) in [4.78, 5) is 0. The normalized spacial score (nSPS) is 12.9. The van der Waals surface area contributed by atoms with E-state index in [0.29, 0.717) is 0 Å². The third-order valence-electron chi connectivity index (χ3n) is 3.95. The van der Waals surface area contributed by atoms with E-state index in [9.17, 15) is 0 Å². The lowest BCUT2D eigenvalue weighted by Crippen LogP contribution is -2.35. The van der Waals surface area contributed by atoms with Gasteiger partial charge in [0.1, 0.15) is 0 Å². The first-order valence-corrected chi connectivity index (χ1v) is 7.37. The van der Waals surface area contributed by atoms with Crippen molar-refractivity contribution in [3.05, 3.63) is 100 Å². The Balaban J connectivity index is 2.28. The van der Waals surface area contributed by atoms with Gasteiger partial charge in [0.2, 0.25) is 6.33 Å². The van der Waals surface area contributed by atoms with Crippen molar-refractivity contribution in [2.45, 2.75) is 0 Å². The number of hydrogen-bond acceptors (Lipinski definition) is 0. The smallest absolute Gasteiger partial charge is 0.243 e. The third kappa shape index (κ3) is 2.09. The topological polar surface area (TPSA) is 8.81 Å². The molecule has 2 aromatic carbocycles. The van der Waals surface area contributed by atoms with Crippen molar-refractivity contribution >= 4 is 11.8 Å². The molecule has 4 rings (SSSR count). The Morgan fingerprint density at radius 2 is 1.64 bits per heavy atom. The van der Waals surface area contributed by atoms with Gasteiger partial charge < -0.3 is 9.13 Å². The number of fused-ring (bicyclic) bond motifs is 2. The second-order valence-corrected chi connectivity index (χ2v) is 5.42. The van der Waals surface area contributed by atoms with Crippen LogP contribution in [-0.2, 0) is 7.05 Å². The Morgan fingerprint density at radius 1 is 0.909 bits per heavy atom. The van der Waals surface area contributed by atoms with E-state index in [1.54, 1.807) is 0 Å². The van der Waals surface area contributed by atoms with Crippen LogP contribution in [-0.4, -0.2) is 4.57 Å². The SMILES string of the molecule is Cn1[c-][n+](C2=c3ccccc3=c3ccccc3=CC=C2)cc1. The molecule has 0 bridgehead atoms. The van der Waals surface area contributed by atoms with Crippen molar-refractivity contribution < 1.29 is 4.57 Å². The number of rotatable bonds is 1. The van der Waals surface area contributed by atoms with Crippen LogP contribution >= 0.6 is 0 Å². The number of allylic oxidation sites excluding steroid dienone is 2. The lowest BCUT2D eigenvalue weighted by molar-refractivity contribution is -0.583. The van der Waals surface area contributed by atoms with Crippen molar-refractivity contribution in [2.75, 3.05) is 0 Å². The summed E-state index contributed by atoms with van der Waals surface area (Å²) < 4.78 is 3.97. The second kappa shape index (κ2) is 5.15. The highest BCUT2D eigenvalue weighted by Gasteiger charge is 2.01. The van der Waals surface area contributed by atoms with E-state index in [4.69, 9.17) is 0 Å². The maximum atomic E-state index is 3.29. The van der Waals surface area contributed by atoms with E-state index >= 15 is 0 Å². The van der Waals surface area contributed by atoms with Crippen LogP contribution in [0.5, 0.6) is 0 Å². The largest absolute Gasteiger partial charge is 0.326 e. The van der Waals surface area contributed by atoms with Crippen molar-refractivity contribution in [3.63, 3.8) is 0 Å². The molecule has 0 radical (unpaired) electrons. The Morgan fingerprint density at radius 3 is 2.41 bits per heavy atom. The van der Waals surface area contributed by atoms with Gasteiger partial charge in [0.25, 0.3) is 0 Å². The van der Waals surface area contributed by atoms with E-state index in [1.165, 1.54) is 20.9 Å². The number of aryl methyl sites for hydroxylation is 1. The van der Waals surface area contributed by atoms with Crippen LogP contribution in [0, 0.1) is 16.8 Å². The van der Waals surface area contributed by atoms with Crippen LogP contribution in [0.25, 0.3) is 11.8 Å². The molecule has 2 heteroatoms. The Hall–Kier alpha value is -2.87. The molecular weight excluding hydrogens is 268 g/mol. The summed E-state index contributed by atoms with van der Waals surface area (Å²) in [6.45, 7) is 0. The first-order chi connectivity index (χ1) is 10.8. The molecule has 0 aliphatic heterocycles. The zero-order chi connectivity index (χ0) is 14.9. The number of imidazole rings is 1. The zero-order valence-corrected chi connectivity index (χ0v) is 12.4. The molecule has 0 N–H and O–H groups in total. The van der Waals surface area contributed by atoms with Gasteiger partial charge in [-0.3, -0.25) is 0 Å². The Bertz CT molecular complexity index is 1080. The molecule has 0 spiro atoms. The number of nitrogens with zero attached hydrogens (tertiary/aromatic N) is 2. The molecule has 2 nitrogen and oxygen atoms in total. The molecule has 1 aliphatic rings. The fraction of sp³-hybridized carbons (Fsp3) is 0.0500. The molecule has 1 heterocycles. The van der Waals surface area contributed by atoms with Gasteiger partial charge in [-0.25, -0.2) is 0 Å². The summed E-state index contributed by atoms with van der Waals surface area (Å²) in [5.74, 6) is 0. The maximum absolute atomic E-state index is 3.29. The summed E-state index contributed by atoms with van der Waals surface area (Å²) in [7, 11) is 1.98. The minimum absolute atomic E-state index is 1.13. The third-order valence-corrected chi connectivity index (χ3v) is 3.95. The number of benzene rings is 2. The summed E-state index contributed by atoms with van der Waals surface area (Å²) in [5.41, 5.74) is 1.13. The summed E-state index contributed by atoms with van der Waals surface area (Å²) >= 11 is 0. The van der Waals surface area contributed by atoms with Crippen molar-refractivity contribution in [1.82, 2.24) is 4.57 Å². The zero-order valence-electron chi connectivity index (χ0n) is 12.4. The molecule has 0 saturated carbocycles. The van der Waals surface area contributed by atoms with Gasteiger partial charge in [-0.15, -0.1) is 0 Å². The summed E-state index contributed by atoms with van der Waals surface area (Å²) in [5, 5.41) is 4.97. The van der Waals surface area contributed by atoms with Crippen molar-refractivity contribution in [3.8, 4) is 0 Å². The molecule has 0 saturated heterocycles. The lowest BCUT2D eigenvalue weighted by Gasteiger charge is -2.06. The molecule has 22 heavy (non-hydrogen) atoms. The van der Waals surface area contributed by atoms with Gasteiger partial charge >= 0.3 is 0 Å². The fourth-order valence-electron chi connectivity index (χ4n) is 2.91. The number of hydrogen-bond donors (Lipinski definition) is 0.